The summed E-state index contributed by atoms with van der Waals surface area (Å²) in [7, 11) is 0. The van der Waals surface area contributed by atoms with Crippen molar-refractivity contribution in [1.82, 2.24) is 25.2 Å². The van der Waals surface area contributed by atoms with E-state index in [1.54, 1.807) is 24.4 Å². The van der Waals surface area contributed by atoms with Crippen molar-refractivity contribution in [1.29, 1.82) is 0 Å². The molecule has 10 heteroatoms. The second-order valence-corrected chi connectivity index (χ2v) is 7.30. The maximum atomic E-state index is 13.8. The molecule has 0 saturated carbocycles. The smallest absolute Gasteiger partial charge is 0.248 e. The Hall–Kier alpha value is -2.45. The lowest BCUT2D eigenvalue weighted by Gasteiger charge is -2.31. The molecule has 0 spiro atoms. The fourth-order valence-corrected chi connectivity index (χ4v) is 3.64. The van der Waals surface area contributed by atoms with Gasteiger partial charge in [-0.3, -0.25) is 0 Å². The summed E-state index contributed by atoms with van der Waals surface area (Å²) in [5, 5.41) is 15.7. The Morgan fingerprint density at radius 3 is 2.96 bits per heavy atom. The summed E-state index contributed by atoms with van der Waals surface area (Å²) in [5.41, 5.74) is 1.51. The Kier molecular flexibility index (Phi) is 5.59. The van der Waals surface area contributed by atoms with Gasteiger partial charge in [0.15, 0.2) is 0 Å². The minimum atomic E-state index is -0.825. The number of piperidine rings is 1. The lowest BCUT2D eigenvalue weighted by Crippen LogP contribution is -2.37. The molecule has 0 amide bonds. The van der Waals surface area contributed by atoms with Crippen LogP contribution >= 0.6 is 23.2 Å². The molecule has 3 heterocycles. The van der Waals surface area contributed by atoms with Gasteiger partial charge in [-0.2, -0.15) is 4.68 Å². The maximum Gasteiger partial charge on any atom is 0.248 e. The number of tetrazole rings is 1. The standard InChI is InChI=1S/C18H18Cl2FN7/c19-14-6-1-7-15(16(14)20)28-18(24-25-26-28)23-10-12-4-2-8-22-17(12)27-9-3-5-13(21)11-27/h1-2,4,6-8,13H,3,5,9-11H2,(H,23,24,26). The van der Waals surface area contributed by atoms with Gasteiger partial charge in [0.1, 0.15) is 12.0 Å². The van der Waals surface area contributed by atoms with Gasteiger partial charge in [0, 0.05) is 24.8 Å². The molecule has 7 nitrogen and oxygen atoms in total. The lowest BCUT2D eigenvalue weighted by molar-refractivity contribution is 0.286. The Morgan fingerprint density at radius 2 is 2.11 bits per heavy atom. The van der Waals surface area contributed by atoms with Crippen LogP contribution in [-0.4, -0.2) is 44.5 Å². The summed E-state index contributed by atoms with van der Waals surface area (Å²) < 4.78 is 15.3. The molecule has 1 atom stereocenters. The summed E-state index contributed by atoms with van der Waals surface area (Å²) in [6, 6.07) is 9.06. The number of alkyl halides is 1. The van der Waals surface area contributed by atoms with Crippen LogP contribution in [0.3, 0.4) is 0 Å². The van der Waals surface area contributed by atoms with Crippen LogP contribution in [0.1, 0.15) is 18.4 Å². The van der Waals surface area contributed by atoms with Gasteiger partial charge < -0.3 is 10.2 Å². The summed E-state index contributed by atoms with van der Waals surface area (Å²) in [5.74, 6) is 1.19. The third-order valence-electron chi connectivity index (χ3n) is 4.60. The van der Waals surface area contributed by atoms with E-state index in [4.69, 9.17) is 23.2 Å². The zero-order valence-electron chi connectivity index (χ0n) is 14.9. The molecule has 0 radical (unpaired) electrons. The number of rotatable bonds is 5. The van der Waals surface area contributed by atoms with E-state index in [2.05, 4.69) is 25.8 Å². The second-order valence-electron chi connectivity index (χ2n) is 6.51. The molecule has 2 aromatic heterocycles. The molecule has 1 fully saturated rings. The van der Waals surface area contributed by atoms with E-state index in [1.165, 1.54) is 4.68 Å². The summed E-state index contributed by atoms with van der Waals surface area (Å²) in [4.78, 5) is 6.45. The van der Waals surface area contributed by atoms with Crippen molar-refractivity contribution in [3.8, 4) is 5.69 Å². The number of pyridine rings is 1. The first-order valence-corrected chi connectivity index (χ1v) is 9.68. The number of nitrogens with zero attached hydrogens (tertiary/aromatic N) is 6. The summed E-state index contributed by atoms with van der Waals surface area (Å²) in [6.45, 7) is 1.58. The van der Waals surface area contributed by atoms with Crippen LogP contribution < -0.4 is 10.2 Å². The van der Waals surface area contributed by atoms with Crippen LogP contribution in [0.15, 0.2) is 36.5 Å². The molecule has 1 aliphatic heterocycles. The van der Waals surface area contributed by atoms with Crippen LogP contribution in [0.2, 0.25) is 10.0 Å². The third kappa shape index (κ3) is 3.88. The Labute approximate surface area is 171 Å². The van der Waals surface area contributed by atoms with E-state index in [1.807, 2.05) is 17.0 Å². The summed E-state index contributed by atoms with van der Waals surface area (Å²) >= 11 is 12.4. The quantitative estimate of drug-likeness (QED) is 0.672. The van der Waals surface area contributed by atoms with E-state index in [0.717, 1.165) is 24.3 Å². The molecule has 1 aliphatic rings. The molecule has 1 saturated heterocycles. The lowest BCUT2D eigenvalue weighted by atomic mass is 10.1. The van der Waals surface area contributed by atoms with Crippen LogP contribution in [0.4, 0.5) is 16.2 Å². The van der Waals surface area contributed by atoms with Gasteiger partial charge in [0.05, 0.1) is 22.3 Å². The number of hydrogen-bond donors (Lipinski definition) is 1. The minimum absolute atomic E-state index is 0.361. The molecule has 146 valence electrons. The molecule has 28 heavy (non-hydrogen) atoms. The van der Waals surface area contributed by atoms with Crippen LogP contribution in [-0.2, 0) is 6.54 Å². The highest BCUT2D eigenvalue weighted by Crippen LogP contribution is 2.29. The van der Waals surface area contributed by atoms with Crippen LogP contribution in [0.25, 0.3) is 5.69 Å². The summed E-state index contributed by atoms with van der Waals surface area (Å²) in [6.07, 6.45) is 2.31. The fraction of sp³-hybridized carbons (Fsp3) is 0.333. The van der Waals surface area contributed by atoms with Gasteiger partial charge in [0.25, 0.3) is 0 Å². The van der Waals surface area contributed by atoms with Crippen molar-refractivity contribution in [2.45, 2.75) is 25.6 Å². The second kappa shape index (κ2) is 8.28. The fourth-order valence-electron chi connectivity index (χ4n) is 3.26. The topological polar surface area (TPSA) is 71.8 Å². The highest BCUT2D eigenvalue weighted by molar-refractivity contribution is 6.43. The van der Waals surface area contributed by atoms with Crippen LogP contribution in [0.5, 0.6) is 0 Å². The molecule has 1 unspecified atom stereocenters. The van der Waals surface area contributed by atoms with Crippen molar-refractivity contribution in [3.63, 3.8) is 0 Å². The van der Waals surface area contributed by atoms with E-state index >= 15 is 0 Å². The number of nitrogens with one attached hydrogen (secondary N) is 1. The van der Waals surface area contributed by atoms with Gasteiger partial charge in [-0.1, -0.05) is 40.4 Å². The Balaban J connectivity index is 1.55. The number of hydrogen-bond acceptors (Lipinski definition) is 6. The normalized spacial score (nSPS) is 17.0. The van der Waals surface area contributed by atoms with Gasteiger partial charge in [-0.25, -0.2) is 9.37 Å². The SMILES string of the molecule is FC1CCCN(c2ncccc2CNc2nnnn2-c2cccc(Cl)c2Cl)C1. The average molecular weight is 422 g/mol. The number of anilines is 2. The largest absolute Gasteiger partial charge is 0.353 e. The van der Waals surface area contributed by atoms with Gasteiger partial charge in [-0.05, 0) is 41.5 Å². The highest BCUT2D eigenvalue weighted by atomic mass is 35.5. The number of halogens is 3. The zero-order valence-corrected chi connectivity index (χ0v) is 16.4. The van der Waals surface area contributed by atoms with Crippen molar-refractivity contribution >= 4 is 35.0 Å². The van der Waals surface area contributed by atoms with Crippen molar-refractivity contribution in [2.75, 3.05) is 23.3 Å². The maximum absolute atomic E-state index is 13.8. The van der Waals surface area contributed by atoms with Crippen LogP contribution in [0, 0.1) is 0 Å². The molecule has 0 aliphatic carbocycles. The first-order chi connectivity index (χ1) is 13.6. The number of aromatic nitrogens is 5. The first kappa shape index (κ1) is 18.9. The van der Waals surface area contributed by atoms with Crippen molar-refractivity contribution in [2.24, 2.45) is 0 Å². The molecular formula is C18H18Cl2FN7. The van der Waals surface area contributed by atoms with E-state index in [9.17, 15) is 4.39 Å². The van der Waals surface area contributed by atoms with E-state index < -0.39 is 6.17 Å². The third-order valence-corrected chi connectivity index (χ3v) is 5.41. The monoisotopic (exact) mass is 421 g/mol. The first-order valence-electron chi connectivity index (χ1n) is 8.93. The van der Waals surface area contributed by atoms with Gasteiger partial charge in [0.2, 0.25) is 5.95 Å². The Bertz CT molecular complexity index is 965. The van der Waals surface area contributed by atoms with Gasteiger partial charge in [-0.15, -0.1) is 0 Å². The number of benzene rings is 1. The van der Waals surface area contributed by atoms with E-state index in [0.29, 0.717) is 41.2 Å². The molecule has 0 bridgehead atoms. The zero-order chi connectivity index (χ0) is 19.5. The van der Waals surface area contributed by atoms with Crippen molar-refractivity contribution < 1.29 is 4.39 Å². The predicted molar refractivity (Wildman–Crippen MR) is 107 cm³/mol. The molecule has 1 aromatic carbocycles. The Morgan fingerprint density at radius 1 is 1.21 bits per heavy atom. The molecule has 1 N–H and O–H groups in total. The molecule has 4 rings (SSSR count). The van der Waals surface area contributed by atoms with E-state index in [-0.39, 0.29) is 0 Å². The highest BCUT2D eigenvalue weighted by Gasteiger charge is 2.22. The minimum Gasteiger partial charge on any atom is -0.353 e. The molecule has 3 aromatic rings. The average Bonchev–Trinajstić information content (AvgIpc) is 3.17. The predicted octanol–water partition coefficient (Wildman–Crippen LogP) is 3.91. The van der Waals surface area contributed by atoms with Gasteiger partial charge >= 0.3 is 0 Å². The molecular weight excluding hydrogens is 404 g/mol. The van der Waals surface area contributed by atoms with Crippen molar-refractivity contribution in [3.05, 3.63) is 52.1 Å².